The number of hydrogen-bond donors (Lipinski definition) is 0. The van der Waals surface area contributed by atoms with Gasteiger partial charge in [-0.15, -0.1) is 0 Å². The molecule has 7 rings (SSSR count). The van der Waals surface area contributed by atoms with Crippen molar-refractivity contribution < 1.29 is 16.6 Å². The van der Waals surface area contributed by atoms with Crippen LogP contribution in [-0.4, -0.2) is 0 Å². The van der Waals surface area contributed by atoms with E-state index in [2.05, 4.69) is 162 Å². The Hall–Kier alpha value is -3.19. The van der Waals surface area contributed by atoms with Gasteiger partial charge in [0.25, 0.3) is 0 Å². The fourth-order valence-electron chi connectivity index (χ4n) is 8.41. The zero-order valence-electron chi connectivity index (χ0n) is 28.0. The van der Waals surface area contributed by atoms with E-state index in [-0.39, 0.29) is 10.8 Å². The normalized spacial score (nSPS) is 18.0. The monoisotopic (exact) mass is 610 g/mol. The van der Waals surface area contributed by atoms with Gasteiger partial charge in [0.05, 0.1) is 0 Å². The van der Waals surface area contributed by atoms with E-state index in [1.165, 1.54) is 49.7 Å². The van der Waals surface area contributed by atoms with Crippen molar-refractivity contribution in [2.24, 2.45) is 0 Å². The van der Waals surface area contributed by atoms with Gasteiger partial charge in [0.15, 0.2) is 0 Å². The molecule has 0 saturated carbocycles. The predicted octanol–water partition coefficient (Wildman–Crippen LogP) is 12.3. The van der Waals surface area contributed by atoms with Crippen molar-refractivity contribution in [1.29, 1.82) is 0 Å². The van der Waals surface area contributed by atoms with Crippen molar-refractivity contribution in [2.45, 2.75) is 78.2 Å². The topological polar surface area (TPSA) is 0 Å². The zero-order valence-corrected chi connectivity index (χ0v) is 29.5. The van der Waals surface area contributed by atoms with Crippen molar-refractivity contribution in [3.63, 3.8) is 0 Å². The van der Waals surface area contributed by atoms with E-state index in [4.69, 9.17) is 0 Å². The molecule has 0 aliphatic heterocycles. The van der Waals surface area contributed by atoms with Gasteiger partial charge in [-0.05, 0) is 0 Å². The molecule has 2 unspecified atom stereocenters. The van der Waals surface area contributed by atoms with Crippen LogP contribution in [0.2, 0.25) is 10.5 Å². The Kier molecular flexibility index (Phi) is 6.82. The fraction of sp³-hybridized carbons (Fsp3) is 0.302. The van der Waals surface area contributed by atoms with Gasteiger partial charge in [-0.2, -0.15) is 0 Å². The van der Waals surface area contributed by atoms with Gasteiger partial charge in [0.2, 0.25) is 0 Å². The Bertz CT molecular complexity index is 1970. The van der Waals surface area contributed by atoms with Crippen LogP contribution < -0.4 is 0 Å². The van der Waals surface area contributed by atoms with Crippen molar-refractivity contribution in [1.82, 2.24) is 0 Å². The second kappa shape index (κ2) is 10.2. The second-order valence-electron chi connectivity index (χ2n) is 16.0. The summed E-state index contributed by atoms with van der Waals surface area (Å²) in [6.45, 7) is 16.5. The van der Waals surface area contributed by atoms with Gasteiger partial charge in [-0.1, -0.05) is 0 Å². The van der Waals surface area contributed by atoms with Crippen molar-refractivity contribution in [3.8, 4) is 11.1 Å². The molecule has 5 aromatic rings. The van der Waals surface area contributed by atoms with Crippen LogP contribution in [0.5, 0.6) is 0 Å². The Morgan fingerprint density at radius 3 is 1.84 bits per heavy atom. The van der Waals surface area contributed by atoms with Gasteiger partial charge < -0.3 is 0 Å². The number of hydrogen-bond acceptors (Lipinski definition) is 0. The van der Waals surface area contributed by atoms with Crippen LogP contribution in [0.15, 0.2) is 109 Å². The van der Waals surface area contributed by atoms with Gasteiger partial charge in [-0.25, -0.2) is 0 Å². The molecular weight excluding hydrogens is 564 g/mol. The van der Waals surface area contributed by atoms with Crippen LogP contribution in [-0.2, 0) is 27.4 Å². The van der Waals surface area contributed by atoms with Crippen LogP contribution >= 0.6 is 0 Å². The van der Waals surface area contributed by atoms with E-state index in [9.17, 15) is 0 Å². The van der Waals surface area contributed by atoms with Gasteiger partial charge in [-0.3, -0.25) is 0 Å². The number of benzene rings is 5. The molecule has 0 spiro atoms. The molecule has 0 N–H and O–H groups in total. The Morgan fingerprint density at radius 2 is 1.11 bits per heavy atom. The average Bonchev–Trinajstić information content (AvgIpc) is 3.47. The molecule has 44 heavy (non-hydrogen) atoms. The number of allylic oxidation sites excluding steroid dienone is 1. The molecular formula is C43H46Ti. The van der Waals surface area contributed by atoms with Gasteiger partial charge in [0.1, 0.15) is 0 Å². The fourth-order valence-corrected chi connectivity index (χ4v) is 15.8. The minimum absolute atomic E-state index is 0.112. The summed E-state index contributed by atoms with van der Waals surface area (Å²) >= 11 is -2.79. The van der Waals surface area contributed by atoms with E-state index >= 15 is 0 Å². The summed E-state index contributed by atoms with van der Waals surface area (Å²) in [4.78, 5) is 0. The van der Waals surface area contributed by atoms with E-state index in [0.29, 0.717) is 8.45 Å². The SMILES string of the molecule is CC1=C(c2ccc3ccccc3c2)c2ccccc2[CH]1[Ti]([CH3])([CH3])[CH]1c2ccc(C(C)(C)C)cc2-c2ccc(C(C)(C)C)cc21. The maximum atomic E-state index is 2.72. The third kappa shape index (κ3) is 4.60. The molecule has 2 aliphatic carbocycles. The summed E-state index contributed by atoms with van der Waals surface area (Å²) in [5.74, 6) is 0. The molecule has 0 heterocycles. The summed E-state index contributed by atoms with van der Waals surface area (Å²) in [6, 6.07) is 40.0. The molecule has 0 amide bonds. The van der Waals surface area contributed by atoms with Crippen molar-refractivity contribution in [2.75, 3.05) is 0 Å². The number of fused-ring (bicyclic) bond motifs is 5. The third-order valence-electron chi connectivity index (χ3n) is 10.6. The molecule has 0 saturated heterocycles. The van der Waals surface area contributed by atoms with E-state index in [0.717, 1.165) is 0 Å². The van der Waals surface area contributed by atoms with E-state index < -0.39 is 16.6 Å². The Morgan fingerprint density at radius 1 is 0.500 bits per heavy atom. The van der Waals surface area contributed by atoms with Crippen LogP contribution in [0, 0.1) is 0 Å². The van der Waals surface area contributed by atoms with E-state index in [1.54, 1.807) is 22.3 Å². The average molecular weight is 611 g/mol. The molecule has 0 radical (unpaired) electrons. The molecule has 0 fully saturated rings. The standard InChI is InChI=1S/C21H25.C20H15.2CH3.Ti/c1-20(2,3)16-9-10-18-15(12-16)11-14-7-8-17(13-19(14)18)21(4,5)6;1-14-12-17-8-4-5-9-19(17)20(14)18-11-10-15-6-2-3-7-16(15)13-18;;;/h7-13H,1-6H3;2-13H,1H3;2*1H3;. The first-order valence-corrected chi connectivity index (χ1v) is 21.3. The summed E-state index contributed by atoms with van der Waals surface area (Å²) in [7, 11) is 0. The first-order chi connectivity index (χ1) is 20.8. The summed E-state index contributed by atoms with van der Waals surface area (Å²) in [5, 5.41) is 8.06. The summed E-state index contributed by atoms with van der Waals surface area (Å²) in [5.41, 5.74) is 16.5. The molecule has 0 bridgehead atoms. The predicted molar refractivity (Wildman–Crippen MR) is 188 cm³/mol. The van der Waals surface area contributed by atoms with E-state index in [1.807, 2.05) is 0 Å². The summed E-state index contributed by atoms with van der Waals surface area (Å²) in [6.07, 6.45) is 0. The van der Waals surface area contributed by atoms with Crippen LogP contribution in [0.4, 0.5) is 0 Å². The molecule has 222 valence electrons. The van der Waals surface area contributed by atoms with Crippen molar-refractivity contribution >= 4 is 16.3 Å². The molecule has 0 aromatic heterocycles. The Labute approximate surface area is 268 Å². The quantitative estimate of drug-likeness (QED) is 0.178. The van der Waals surface area contributed by atoms with Gasteiger partial charge in [0, 0.05) is 0 Å². The summed E-state index contributed by atoms with van der Waals surface area (Å²) < 4.78 is 0.956. The maximum absolute atomic E-state index is 2.79. The second-order valence-corrected chi connectivity index (χ2v) is 23.5. The molecule has 1 heteroatoms. The molecule has 2 atom stereocenters. The zero-order chi connectivity index (χ0) is 31.2. The van der Waals surface area contributed by atoms with Crippen LogP contribution in [0.3, 0.4) is 0 Å². The Balaban J connectivity index is 1.44. The molecule has 5 aromatic carbocycles. The minimum atomic E-state index is -2.79. The molecule has 0 nitrogen and oxygen atoms in total. The van der Waals surface area contributed by atoms with Crippen LogP contribution in [0.1, 0.15) is 95.9 Å². The first-order valence-electron chi connectivity index (χ1n) is 16.4. The molecule has 2 aliphatic rings. The first kappa shape index (κ1) is 29.5. The van der Waals surface area contributed by atoms with Crippen LogP contribution in [0.25, 0.3) is 27.5 Å². The third-order valence-corrected chi connectivity index (χ3v) is 17.4. The number of rotatable bonds is 3. The van der Waals surface area contributed by atoms with Gasteiger partial charge >= 0.3 is 270 Å². The van der Waals surface area contributed by atoms with Crippen molar-refractivity contribution in [3.05, 3.63) is 148 Å².